The maximum atomic E-state index is 12.9. The van der Waals surface area contributed by atoms with Crippen LogP contribution in [0, 0.1) is 12.8 Å². The maximum absolute atomic E-state index is 12.9. The minimum Gasteiger partial charge on any atom is -0.495 e. The summed E-state index contributed by atoms with van der Waals surface area (Å²) in [5, 5.41) is 0. The van der Waals surface area contributed by atoms with E-state index in [0.29, 0.717) is 30.2 Å². The maximum Gasteiger partial charge on any atom is 0.410 e. The summed E-state index contributed by atoms with van der Waals surface area (Å²) < 4.78 is 22.9. The fourth-order valence-corrected chi connectivity index (χ4v) is 4.21. The van der Waals surface area contributed by atoms with Gasteiger partial charge < -0.3 is 23.8 Å². The van der Waals surface area contributed by atoms with Gasteiger partial charge in [0.1, 0.15) is 23.7 Å². The molecule has 1 aromatic carbocycles. The van der Waals surface area contributed by atoms with E-state index in [1.165, 1.54) is 0 Å². The summed E-state index contributed by atoms with van der Waals surface area (Å²) in [6.45, 7) is 12.7. The Morgan fingerprint density at radius 1 is 1.12 bits per heavy atom. The smallest absolute Gasteiger partial charge is 0.410 e. The van der Waals surface area contributed by atoms with Crippen LogP contribution in [0.4, 0.5) is 4.79 Å². The number of aromatic nitrogens is 1. The molecule has 180 valence electrons. The summed E-state index contributed by atoms with van der Waals surface area (Å²) in [6, 6.07) is 7.71. The highest BCUT2D eigenvalue weighted by molar-refractivity contribution is 5.70. The largest absolute Gasteiger partial charge is 0.495 e. The molecule has 1 aliphatic rings. The molecule has 0 fully saturated rings. The van der Waals surface area contributed by atoms with Gasteiger partial charge in [-0.1, -0.05) is 13.8 Å². The fraction of sp³-hybridized carbons (Fsp3) is 0.538. The second kappa shape index (κ2) is 9.89. The molecule has 2 aromatic rings. The first-order valence-corrected chi connectivity index (χ1v) is 11.4. The quantitative estimate of drug-likeness (QED) is 0.574. The lowest BCUT2D eigenvalue weighted by atomic mass is 9.86. The molecule has 0 N–H and O–H groups in total. The third-order valence-corrected chi connectivity index (χ3v) is 5.62. The van der Waals surface area contributed by atoms with Crippen molar-refractivity contribution in [2.24, 2.45) is 5.92 Å². The SMILES string of the molecule is COc1cc2c(cc1OCc1nc(C)ccc1OC)CCN(C(=O)OC(C)(C)C)[C@@H]2C(C)C. The van der Waals surface area contributed by atoms with Gasteiger partial charge in [-0.15, -0.1) is 0 Å². The lowest BCUT2D eigenvalue weighted by molar-refractivity contribution is 0.00872. The zero-order valence-electron chi connectivity index (χ0n) is 21.0. The third kappa shape index (κ3) is 5.70. The average Bonchev–Trinajstić information content (AvgIpc) is 2.74. The lowest BCUT2D eigenvalue weighted by Gasteiger charge is -2.40. The molecule has 2 heterocycles. The second-order valence-electron chi connectivity index (χ2n) is 9.70. The number of ether oxygens (including phenoxy) is 4. The first-order chi connectivity index (χ1) is 15.5. The number of rotatable bonds is 6. The first-order valence-electron chi connectivity index (χ1n) is 11.4. The number of nitrogens with zero attached hydrogens (tertiary/aromatic N) is 2. The molecular formula is C26H36N2O5. The molecule has 0 saturated heterocycles. The molecule has 0 radical (unpaired) electrons. The monoisotopic (exact) mass is 456 g/mol. The fourth-order valence-electron chi connectivity index (χ4n) is 4.21. The van der Waals surface area contributed by atoms with Crippen molar-refractivity contribution in [1.29, 1.82) is 0 Å². The first kappa shape index (κ1) is 24.7. The summed E-state index contributed by atoms with van der Waals surface area (Å²) in [7, 11) is 3.25. The lowest BCUT2D eigenvalue weighted by Crippen LogP contribution is -2.44. The van der Waals surface area contributed by atoms with Crippen molar-refractivity contribution in [1.82, 2.24) is 9.88 Å². The predicted molar refractivity (Wildman–Crippen MR) is 127 cm³/mol. The van der Waals surface area contributed by atoms with Gasteiger partial charge in [0.25, 0.3) is 0 Å². The number of methoxy groups -OCH3 is 2. The number of hydrogen-bond acceptors (Lipinski definition) is 6. The molecule has 1 amide bonds. The highest BCUT2D eigenvalue weighted by atomic mass is 16.6. The van der Waals surface area contributed by atoms with Gasteiger partial charge in [-0.05, 0) is 75.4 Å². The third-order valence-electron chi connectivity index (χ3n) is 5.62. The van der Waals surface area contributed by atoms with E-state index in [2.05, 4.69) is 18.8 Å². The Balaban J connectivity index is 1.91. The zero-order chi connectivity index (χ0) is 24.3. The van der Waals surface area contributed by atoms with Gasteiger partial charge in [0, 0.05) is 12.2 Å². The highest BCUT2D eigenvalue weighted by Crippen LogP contribution is 2.42. The van der Waals surface area contributed by atoms with Gasteiger partial charge in [0.2, 0.25) is 0 Å². The van der Waals surface area contributed by atoms with E-state index in [4.69, 9.17) is 18.9 Å². The van der Waals surface area contributed by atoms with Crippen LogP contribution in [0.5, 0.6) is 17.2 Å². The molecule has 1 atom stereocenters. The summed E-state index contributed by atoms with van der Waals surface area (Å²) in [6.07, 6.45) is 0.424. The van der Waals surface area contributed by atoms with Crippen molar-refractivity contribution in [3.05, 3.63) is 46.8 Å². The number of carbonyl (C=O) groups excluding carboxylic acids is 1. The Labute approximate surface area is 197 Å². The van der Waals surface area contributed by atoms with Crippen LogP contribution < -0.4 is 14.2 Å². The van der Waals surface area contributed by atoms with Crippen molar-refractivity contribution >= 4 is 6.09 Å². The molecule has 0 unspecified atom stereocenters. The van der Waals surface area contributed by atoms with Crippen molar-refractivity contribution in [3.63, 3.8) is 0 Å². The Kier molecular flexibility index (Phi) is 7.40. The van der Waals surface area contributed by atoms with Crippen LogP contribution in [0.1, 0.15) is 63.2 Å². The van der Waals surface area contributed by atoms with Crippen LogP contribution >= 0.6 is 0 Å². The number of carbonyl (C=O) groups is 1. The predicted octanol–water partition coefficient (Wildman–Crippen LogP) is 5.48. The molecule has 1 aromatic heterocycles. The van der Waals surface area contributed by atoms with E-state index < -0.39 is 5.60 Å². The molecule has 0 aliphatic carbocycles. The number of hydrogen-bond donors (Lipinski definition) is 0. The molecule has 7 heteroatoms. The van der Waals surface area contributed by atoms with Crippen molar-refractivity contribution in [2.45, 2.75) is 66.2 Å². The summed E-state index contributed by atoms with van der Waals surface area (Å²) in [4.78, 5) is 19.3. The van der Waals surface area contributed by atoms with Gasteiger partial charge in [-0.3, -0.25) is 4.98 Å². The summed E-state index contributed by atoms with van der Waals surface area (Å²) >= 11 is 0. The van der Waals surface area contributed by atoms with Gasteiger partial charge in [0.15, 0.2) is 11.5 Å². The molecule has 7 nitrogen and oxygen atoms in total. The van der Waals surface area contributed by atoms with Crippen molar-refractivity contribution in [3.8, 4) is 17.2 Å². The molecule has 0 saturated carbocycles. The number of benzene rings is 1. The van der Waals surface area contributed by atoms with E-state index in [9.17, 15) is 4.79 Å². The van der Waals surface area contributed by atoms with Gasteiger partial charge >= 0.3 is 6.09 Å². The van der Waals surface area contributed by atoms with Crippen LogP contribution in [0.15, 0.2) is 24.3 Å². The average molecular weight is 457 g/mol. The Morgan fingerprint density at radius 2 is 1.82 bits per heavy atom. The molecule has 0 bridgehead atoms. The molecular weight excluding hydrogens is 420 g/mol. The summed E-state index contributed by atoms with van der Waals surface area (Å²) in [5.41, 5.74) is 3.30. The summed E-state index contributed by atoms with van der Waals surface area (Å²) in [5.74, 6) is 2.16. The van der Waals surface area contributed by atoms with E-state index >= 15 is 0 Å². The van der Waals surface area contributed by atoms with E-state index in [1.807, 2.05) is 56.9 Å². The van der Waals surface area contributed by atoms with Gasteiger partial charge in [0.05, 0.1) is 20.3 Å². The Hall–Kier alpha value is -2.96. The van der Waals surface area contributed by atoms with E-state index in [0.717, 1.165) is 22.5 Å². The van der Waals surface area contributed by atoms with E-state index in [1.54, 1.807) is 14.2 Å². The normalized spacial score (nSPS) is 15.8. The van der Waals surface area contributed by atoms with Gasteiger partial charge in [-0.2, -0.15) is 0 Å². The molecule has 3 rings (SSSR count). The number of amides is 1. The highest BCUT2D eigenvalue weighted by Gasteiger charge is 2.36. The minimum atomic E-state index is -0.542. The van der Waals surface area contributed by atoms with E-state index in [-0.39, 0.29) is 24.7 Å². The second-order valence-corrected chi connectivity index (χ2v) is 9.70. The topological polar surface area (TPSA) is 70.1 Å². The molecule has 0 spiro atoms. The van der Waals surface area contributed by atoms with Crippen molar-refractivity contribution < 1.29 is 23.7 Å². The molecule has 33 heavy (non-hydrogen) atoms. The van der Waals surface area contributed by atoms with Crippen LogP contribution in [0.25, 0.3) is 0 Å². The number of aryl methyl sites for hydroxylation is 1. The van der Waals surface area contributed by atoms with Crippen molar-refractivity contribution in [2.75, 3.05) is 20.8 Å². The minimum absolute atomic E-state index is 0.106. The van der Waals surface area contributed by atoms with Crippen LogP contribution in [-0.2, 0) is 17.8 Å². The number of fused-ring (bicyclic) bond motifs is 1. The number of pyridine rings is 1. The standard InChI is InChI=1S/C26H36N2O5/c1-16(2)24-19-14-22(31-8)23(32-15-20-21(30-7)10-9-17(3)27-20)13-18(19)11-12-28(24)25(29)33-26(4,5)6/h9-10,13-14,16,24H,11-12,15H2,1-8H3/t24-/m1/s1. The van der Waals surface area contributed by atoms with Crippen LogP contribution in [-0.4, -0.2) is 42.3 Å². The Bertz CT molecular complexity index is 997. The molecule has 1 aliphatic heterocycles. The zero-order valence-corrected chi connectivity index (χ0v) is 21.0. The van der Waals surface area contributed by atoms with Crippen LogP contribution in [0.2, 0.25) is 0 Å². The van der Waals surface area contributed by atoms with Crippen LogP contribution in [0.3, 0.4) is 0 Å². The van der Waals surface area contributed by atoms with Gasteiger partial charge in [-0.25, -0.2) is 4.79 Å². The Morgan fingerprint density at radius 3 is 2.42 bits per heavy atom.